The molecule has 4 fully saturated rings. The van der Waals surface area contributed by atoms with Crippen LogP contribution in [0.4, 0.5) is 0 Å². The fraction of sp³-hybridized carbons (Fsp3) is 0.750. The molecule has 146 valence electrons. The van der Waals surface area contributed by atoms with E-state index in [9.17, 15) is 9.59 Å². The van der Waals surface area contributed by atoms with Gasteiger partial charge in [-0.3, -0.25) is 4.79 Å². The Morgan fingerprint density at radius 2 is 1.78 bits per heavy atom. The Bertz CT molecular complexity index is 740. The number of H-pyrrole nitrogens is 1. The van der Waals surface area contributed by atoms with Crippen LogP contribution in [-0.4, -0.2) is 17.1 Å². The van der Waals surface area contributed by atoms with Gasteiger partial charge in [-0.05, 0) is 91.6 Å². The van der Waals surface area contributed by atoms with Gasteiger partial charge in [-0.15, -0.1) is 0 Å². The molecule has 0 spiro atoms. The SMILES string of the molecule is C[C@]12CCC(=O)C(c3ccc[nH]3)C1CC[C@@H]1[C@H]2CC[C@]2(C)C(C=O)CC[C@@H]12. The van der Waals surface area contributed by atoms with Crippen LogP contribution in [0.15, 0.2) is 18.3 Å². The van der Waals surface area contributed by atoms with Crippen molar-refractivity contribution < 1.29 is 9.59 Å². The first kappa shape index (κ1) is 17.7. The van der Waals surface area contributed by atoms with Crippen molar-refractivity contribution in [2.24, 2.45) is 40.4 Å². The molecule has 1 aromatic rings. The summed E-state index contributed by atoms with van der Waals surface area (Å²) in [6, 6.07) is 4.15. The number of carbonyl (C=O) groups is 2. The summed E-state index contributed by atoms with van der Waals surface area (Å²) in [6.45, 7) is 4.91. The lowest BCUT2D eigenvalue weighted by molar-refractivity contribution is -0.145. The standard InChI is InChI=1S/C24H33NO2/c1-23-11-9-18-16(17(23)7-5-15(23)14-26)6-8-19-22(20-4-3-13-25-20)21(27)10-12-24(18,19)2/h3-4,13-19,22,25H,5-12H2,1-2H3/t15?,16-,17-,18+,19?,22?,23+,24+/m0/s1. The topological polar surface area (TPSA) is 49.9 Å². The summed E-state index contributed by atoms with van der Waals surface area (Å²) < 4.78 is 0. The van der Waals surface area contributed by atoms with Gasteiger partial charge in [-0.25, -0.2) is 0 Å². The predicted octanol–water partition coefficient (Wildman–Crippen LogP) is 5.14. The van der Waals surface area contributed by atoms with Crippen LogP contribution in [0.3, 0.4) is 0 Å². The highest BCUT2D eigenvalue weighted by atomic mass is 16.1. The number of hydrogen-bond acceptors (Lipinski definition) is 2. The quantitative estimate of drug-likeness (QED) is 0.736. The minimum absolute atomic E-state index is 0.0688. The normalized spacial score (nSPS) is 49.2. The van der Waals surface area contributed by atoms with Gasteiger partial charge in [0.1, 0.15) is 12.1 Å². The maximum atomic E-state index is 12.9. The minimum Gasteiger partial charge on any atom is -0.364 e. The molecule has 1 aromatic heterocycles. The first-order valence-corrected chi connectivity index (χ1v) is 11.1. The number of rotatable bonds is 2. The van der Waals surface area contributed by atoms with Gasteiger partial charge in [0.2, 0.25) is 0 Å². The Morgan fingerprint density at radius 1 is 1.00 bits per heavy atom. The minimum atomic E-state index is 0.0688. The fourth-order valence-electron chi connectivity index (χ4n) is 8.37. The maximum absolute atomic E-state index is 12.9. The van der Waals surface area contributed by atoms with E-state index in [0.717, 1.165) is 36.8 Å². The highest BCUT2D eigenvalue weighted by Gasteiger charge is 2.61. The fourth-order valence-corrected chi connectivity index (χ4v) is 8.37. The highest BCUT2D eigenvalue weighted by Crippen LogP contribution is 2.68. The van der Waals surface area contributed by atoms with E-state index < -0.39 is 0 Å². The van der Waals surface area contributed by atoms with Gasteiger partial charge in [0.25, 0.3) is 0 Å². The molecule has 0 radical (unpaired) electrons. The number of nitrogens with one attached hydrogen (secondary N) is 1. The molecule has 0 saturated heterocycles. The molecule has 0 bridgehead atoms. The third-order valence-corrected chi connectivity index (χ3v) is 9.80. The van der Waals surface area contributed by atoms with Gasteiger partial charge in [-0.1, -0.05) is 13.8 Å². The van der Waals surface area contributed by atoms with Crippen molar-refractivity contribution in [2.75, 3.05) is 0 Å². The van der Waals surface area contributed by atoms with E-state index in [4.69, 9.17) is 0 Å². The smallest absolute Gasteiger partial charge is 0.142 e. The van der Waals surface area contributed by atoms with Gasteiger partial charge in [0.05, 0.1) is 5.92 Å². The summed E-state index contributed by atoms with van der Waals surface area (Å²) in [5, 5.41) is 0. The molecule has 0 aliphatic heterocycles. The molecule has 0 amide bonds. The lowest BCUT2D eigenvalue weighted by atomic mass is 9.43. The zero-order valence-corrected chi connectivity index (χ0v) is 16.7. The molecule has 4 aliphatic rings. The summed E-state index contributed by atoms with van der Waals surface area (Å²) in [7, 11) is 0. The van der Waals surface area contributed by atoms with Gasteiger partial charge < -0.3 is 9.78 Å². The van der Waals surface area contributed by atoms with Crippen LogP contribution >= 0.6 is 0 Å². The van der Waals surface area contributed by atoms with Crippen molar-refractivity contribution in [1.82, 2.24) is 4.98 Å². The van der Waals surface area contributed by atoms with Crippen molar-refractivity contribution in [2.45, 2.75) is 71.1 Å². The molecule has 8 atom stereocenters. The Hall–Kier alpha value is -1.38. The second-order valence-corrected chi connectivity index (χ2v) is 10.5. The highest BCUT2D eigenvalue weighted by molar-refractivity contribution is 5.86. The first-order chi connectivity index (χ1) is 13.0. The Labute approximate surface area is 162 Å². The van der Waals surface area contributed by atoms with Crippen molar-refractivity contribution in [3.63, 3.8) is 0 Å². The van der Waals surface area contributed by atoms with Crippen LogP contribution in [0.1, 0.15) is 76.8 Å². The zero-order valence-electron chi connectivity index (χ0n) is 16.7. The molecule has 0 aromatic carbocycles. The number of aromatic nitrogens is 1. The van der Waals surface area contributed by atoms with Gasteiger partial charge >= 0.3 is 0 Å². The molecular weight excluding hydrogens is 334 g/mol. The molecule has 5 rings (SSSR count). The second-order valence-electron chi connectivity index (χ2n) is 10.5. The van der Waals surface area contributed by atoms with E-state index in [1.54, 1.807) is 0 Å². The molecule has 3 nitrogen and oxygen atoms in total. The lowest BCUT2D eigenvalue weighted by Gasteiger charge is -2.61. The summed E-state index contributed by atoms with van der Waals surface area (Å²) in [4.78, 5) is 28.0. The molecule has 1 N–H and O–H groups in total. The predicted molar refractivity (Wildman–Crippen MR) is 105 cm³/mol. The summed E-state index contributed by atoms with van der Waals surface area (Å²) in [6.07, 6.45) is 12.2. The van der Waals surface area contributed by atoms with Crippen LogP contribution in [0, 0.1) is 40.4 Å². The average molecular weight is 368 g/mol. The van der Waals surface area contributed by atoms with Crippen LogP contribution in [0.25, 0.3) is 0 Å². The molecular formula is C24H33NO2. The van der Waals surface area contributed by atoms with Crippen LogP contribution in [-0.2, 0) is 9.59 Å². The summed E-state index contributed by atoms with van der Waals surface area (Å²) in [5.41, 5.74) is 1.64. The molecule has 4 aliphatic carbocycles. The van der Waals surface area contributed by atoms with E-state index in [-0.39, 0.29) is 22.7 Å². The Morgan fingerprint density at radius 3 is 2.52 bits per heavy atom. The molecule has 1 heterocycles. The zero-order chi connectivity index (χ0) is 18.8. The number of aldehydes is 1. The lowest BCUT2D eigenvalue weighted by Crippen LogP contribution is -2.55. The molecule has 3 heteroatoms. The van der Waals surface area contributed by atoms with Crippen molar-refractivity contribution in [1.29, 1.82) is 0 Å². The number of Topliss-reactive ketones (excluding diaryl/α,β-unsaturated/α-hetero) is 1. The number of carbonyl (C=O) groups excluding carboxylic acids is 2. The monoisotopic (exact) mass is 367 g/mol. The first-order valence-electron chi connectivity index (χ1n) is 11.1. The average Bonchev–Trinajstić information content (AvgIpc) is 3.29. The van der Waals surface area contributed by atoms with Crippen LogP contribution < -0.4 is 0 Å². The third-order valence-electron chi connectivity index (χ3n) is 9.80. The van der Waals surface area contributed by atoms with E-state index in [1.165, 1.54) is 38.4 Å². The van der Waals surface area contributed by atoms with Gasteiger partial charge in [0, 0.05) is 24.2 Å². The number of ketones is 1. The largest absolute Gasteiger partial charge is 0.364 e. The van der Waals surface area contributed by atoms with E-state index in [1.807, 2.05) is 12.3 Å². The van der Waals surface area contributed by atoms with E-state index in [0.29, 0.717) is 17.6 Å². The van der Waals surface area contributed by atoms with E-state index in [2.05, 4.69) is 24.9 Å². The number of hydrogen-bond donors (Lipinski definition) is 1. The molecule has 3 unspecified atom stereocenters. The molecule has 4 saturated carbocycles. The third kappa shape index (κ3) is 2.32. The van der Waals surface area contributed by atoms with Gasteiger partial charge in [0.15, 0.2) is 0 Å². The Kier molecular flexibility index (Phi) is 3.97. The number of fused-ring (bicyclic) bond motifs is 5. The number of aromatic amines is 1. The van der Waals surface area contributed by atoms with Crippen LogP contribution in [0.2, 0.25) is 0 Å². The van der Waals surface area contributed by atoms with Crippen LogP contribution in [0.5, 0.6) is 0 Å². The maximum Gasteiger partial charge on any atom is 0.142 e. The summed E-state index contributed by atoms with van der Waals surface area (Å²) >= 11 is 0. The van der Waals surface area contributed by atoms with E-state index >= 15 is 0 Å². The van der Waals surface area contributed by atoms with Crippen molar-refractivity contribution in [3.05, 3.63) is 24.0 Å². The van der Waals surface area contributed by atoms with Gasteiger partial charge in [-0.2, -0.15) is 0 Å². The summed E-state index contributed by atoms with van der Waals surface area (Å²) in [5.74, 6) is 3.46. The Balaban J connectivity index is 1.48. The second kappa shape index (κ2) is 6.06. The van der Waals surface area contributed by atoms with Crippen molar-refractivity contribution in [3.8, 4) is 0 Å². The van der Waals surface area contributed by atoms with Crippen molar-refractivity contribution >= 4 is 12.1 Å². The molecule has 27 heavy (non-hydrogen) atoms.